The fraction of sp³-hybridized carbons (Fsp3) is 0.0800. The Morgan fingerprint density at radius 3 is 2.39 bits per heavy atom. The first-order chi connectivity index (χ1) is 15.2. The van der Waals surface area contributed by atoms with Gasteiger partial charge in [0.15, 0.2) is 0 Å². The number of benzene rings is 3. The average Bonchev–Trinajstić information content (AvgIpc) is 3.23. The molecule has 0 unspecified atom stereocenters. The van der Waals surface area contributed by atoms with Crippen LogP contribution in [-0.2, 0) is 6.42 Å². The van der Waals surface area contributed by atoms with Gasteiger partial charge in [0.2, 0.25) is 5.56 Å². The van der Waals surface area contributed by atoms with Crippen molar-refractivity contribution in [3.8, 4) is 0 Å². The number of carbonyl (C=O) groups is 1. The number of rotatable bonds is 5. The van der Waals surface area contributed by atoms with Gasteiger partial charge in [-0.2, -0.15) is 0 Å². The zero-order valence-electron chi connectivity index (χ0n) is 16.6. The molecule has 6 heteroatoms. The van der Waals surface area contributed by atoms with Crippen molar-refractivity contribution in [2.45, 2.75) is 12.5 Å². The quantitative estimate of drug-likeness (QED) is 0.409. The molecule has 5 rings (SSSR count). The standard InChI is InChI=1S/C25H20N4O2/c30-23-15-18(17-10-4-5-11-19(17)26-23)25(31)29-22(14-16-8-2-1-3-9-16)24-27-20-12-6-7-13-21(20)28-24/h1-13,15,22H,14H2,(H,26,30)(H,27,28)(H,29,31)/t22-/m1/s1. The smallest absolute Gasteiger partial charge is 0.252 e. The minimum Gasteiger partial charge on any atom is -0.342 e. The molecular weight excluding hydrogens is 388 g/mol. The van der Waals surface area contributed by atoms with Gasteiger partial charge in [-0.3, -0.25) is 9.59 Å². The number of para-hydroxylation sites is 3. The molecule has 2 aromatic heterocycles. The molecule has 152 valence electrons. The van der Waals surface area contributed by atoms with E-state index in [1.54, 1.807) is 6.07 Å². The van der Waals surface area contributed by atoms with Crippen LogP contribution in [0.4, 0.5) is 0 Å². The van der Waals surface area contributed by atoms with Crippen molar-refractivity contribution < 1.29 is 4.79 Å². The van der Waals surface area contributed by atoms with Gasteiger partial charge in [0, 0.05) is 17.0 Å². The zero-order chi connectivity index (χ0) is 21.2. The van der Waals surface area contributed by atoms with E-state index in [-0.39, 0.29) is 17.5 Å². The third kappa shape index (κ3) is 3.83. The first kappa shape index (κ1) is 18.8. The number of hydrogen-bond acceptors (Lipinski definition) is 3. The molecule has 5 aromatic rings. The summed E-state index contributed by atoms with van der Waals surface area (Å²) >= 11 is 0. The maximum absolute atomic E-state index is 13.3. The summed E-state index contributed by atoms with van der Waals surface area (Å²) in [6.45, 7) is 0. The van der Waals surface area contributed by atoms with E-state index in [0.29, 0.717) is 28.7 Å². The van der Waals surface area contributed by atoms with Crippen LogP contribution in [0.3, 0.4) is 0 Å². The van der Waals surface area contributed by atoms with Crippen LogP contribution in [-0.4, -0.2) is 20.9 Å². The van der Waals surface area contributed by atoms with Gasteiger partial charge in [-0.25, -0.2) is 4.98 Å². The lowest BCUT2D eigenvalue weighted by molar-refractivity contribution is 0.0936. The first-order valence-electron chi connectivity index (χ1n) is 10.1. The topological polar surface area (TPSA) is 90.6 Å². The van der Waals surface area contributed by atoms with Crippen LogP contribution in [0.2, 0.25) is 0 Å². The Morgan fingerprint density at radius 1 is 0.871 bits per heavy atom. The largest absolute Gasteiger partial charge is 0.342 e. The van der Waals surface area contributed by atoms with Crippen molar-refractivity contribution in [1.29, 1.82) is 0 Å². The Morgan fingerprint density at radius 2 is 1.58 bits per heavy atom. The molecule has 3 aromatic carbocycles. The molecule has 31 heavy (non-hydrogen) atoms. The van der Waals surface area contributed by atoms with Crippen molar-refractivity contribution >= 4 is 27.8 Å². The van der Waals surface area contributed by atoms with Gasteiger partial charge in [0.25, 0.3) is 5.91 Å². The van der Waals surface area contributed by atoms with Crippen molar-refractivity contribution in [1.82, 2.24) is 20.3 Å². The monoisotopic (exact) mass is 408 g/mol. The number of pyridine rings is 1. The summed E-state index contributed by atoms with van der Waals surface area (Å²) in [4.78, 5) is 36.2. The second kappa shape index (κ2) is 7.91. The number of nitrogens with one attached hydrogen (secondary N) is 3. The van der Waals surface area contributed by atoms with Gasteiger partial charge < -0.3 is 15.3 Å². The predicted molar refractivity (Wildman–Crippen MR) is 121 cm³/mol. The van der Waals surface area contributed by atoms with Crippen LogP contribution in [0.5, 0.6) is 0 Å². The molecule has 1 amide bonds. The van der Waals surface area contributed by atoms with Crippen molar-refractivity contribution in [3.63, 3.8) is 0 Å². The van der Waals surface area contributed by atoms with E-state index in [4.69, 9.17) is 4.98 Å². The summed E-state index contributed by atoms with van der Waals surface area (Å²) < 4.78 is 0. The molecule has 0 bridgehead atoms. The zero-order valence-corrected chi connectivity index (χ0v) is 16.6. The van der Waals surface area contributed by atoms with Gasteiger partial charge in [0.05, 0.1) is 22.6 Å². The summed E-state index contributed by atoms with van der Waals surface area (Å²) in [5.74, 6) is 0.358. The van der Waals surface area contributed by atoms with Gasteiger partial charge in [-0.15, -0.1) is 0 Å². The number of hydrogen-bond donors (Lipinski definition) is 3. The fourth-order valence-corrected chi connectivity index (χ4v) is 3.83. The molecule has 0 saturated heterocycles. The minimum absolute atomic E-state index is 0.313. The average molecular weight is 408 g/mol. The molecule has 2 heterocycles. The summed E-state index contributed by atoms with van der Waals surface area (Å²) in [7, 11) is 0. The number of H-pyrrole nitrogens is 2. The fourth-order valence-electron chi connectivity index (χ4n) is 3.83. The van der Waals surface area contributed by atoms with Crippen LogP contribution in [0.25, 0.3) is 21.9 Å². The number of carbonyl (C=O) groups excluding carboxylic acids is 1. The van der Waals surface area contributed by atoms with E-state index >= 15 is 0 Å². The SMILES string of the molecule is O=C(N[C@H](Cc1ccccc1)c1nc2ccccc2[nH]1)c1cc(=O)[nH]c2ccccc12. The predicted octanol–water partition coefficient (Wildman–Crippen LogP) is 4.12. The highest BCUT2D eigenvalue weighted by atomic mass is 16.2. The Kier molecular flexibility index (Phi) is 4.80. The molecule has 0 fully saturated rings. The highest BCUT2D eigenvalue weighted by Gasteiger charge is 2.21. The number of nitrogens with zero attached hydrogens (tertiary/aromatic N) is 1. The summed E-state index contributed by atoms with van der Waals surface area (Å²) in [5, 5.41) is 3.79. The van der Waals surface area contributed by atoms with Crippen molar-refractivity contribution in [3.05, 3.63) is 112 Å². The lowest BCUT2D eigenvalue weighted by Gasteiger charge is -2.18. The number of aromatic nitrogens is 3. The Hall–Kier alpha value is -4.19. The lowest BCUT2D eigenvalue weighted by atomic mass is 10.0. The molecule has 1 atom stereocenters. The van der Waals surface area contributed by atoms with Gasteiger partial charge >= 0.3 is 0 Å². The van der Waals surface area contributed by atoms with Crippen LogP contribution < -0.4 is 10.9 Å². The van der Waals surface area contributed by atoms with E-state index < -0.39 is 0 Å². The molecule has 3 N–H and O–H groups in total. The van der Waals surface area contributed by atoms with E-state index in [2.05, 4.69) is 15.3 Å². The van der Waals surface area contributed by atoms with E-state index in [9.17, 15) is 9.59 Å². The summed E-state index contributed by atoms with van der Waals surface area (Å²) in [5.41, 5.74) is 3.48. The Bertz CT molecular complexity index is 1400. The molecule has 0 aliphatic heterocycles. The van der Waals surface area contributed by atoms with Gasteiger partial charge in [0.1, 0.15) is 5.82 Å². The van der Waals surface area contributed by atoms with Crippen LogP contribution >= 0.6 is 0 Å². The van der Waals surface area contributed by atoms with Crippen molar-refractivity contribution in [2.24, 2.45) is 0 Å². The number of aromatic amines is 2. The van der Waals surface area contributed by atoms with E-state index in [1.807, 2.05) is 72.8 Å². The normalized spacial score (nSPS) is 12.1. The second-order valence-electron chi connectivity index (χ2n) is 7.45. The molecule has 6 nitrogen and oxygen atoms in total. The maximum Gasteiger partial charge on any atom is 0.252 e. The number of imidazole rings is 1. The van der Waals surface area contributed by atoms with Crippen molar-refractivity contribution in [2.75, 3.05) is 0 Å². The van der Waals surface area contributed by atoms with E-state index in [1.165, 1.54) is 6.07 Å². The summed E-state index contributed by atoms with van der Waals surface area (Å²) in [6, 6.07) is 25.9. The first-order valence-corrected chi connectivity index (χ1v) is 10.1. The summed E-state index contributed by atoms with van der Waals surface area (Å²) in [6.07, 6.45) is 0.563. The number of amides is 1. The molecule has 0 spiro atoms. The van der Waals surface area contributed by atoms with Gasteiger partial charge in [-0.05, 0) is 30.2 Å². The van der Waals surface area contributed by atoms with Crippen LogP contribution in [0, 0.1) is 0 Å². The molecular formula is C25H20N4O2. The maximum atomic E-state index is 13.3. The highest BCUT2D eigenvalue weighted by molar-refractivity contribution is 6.06. The number of fused-ring (bicyclic) bond motifs is 2. The lowest BCUT2D eigenvalue weighted by Crippen LogP contribution is -2.31. The molecule has 0 radical (unpaired) electrons. The third-order valence-corrected chi connectivity index (χ3v) is 5.32. The second-order valence-corrected chi connectivity index (χ2v) is 7.45. The van der Waals surface area contributed by atoms with Gasteiger partial charge in [-0.1, -0.05) is 60.7 Å². The van der Waals surface area contributed by atoms with Crippen LogP contribution in [0.15, 0.2) is 89.7 Å². The Labute approximate surface area is 178 Å². The molecule has 0 aliphatic rings. The third-order valence-electron chi connectivity index (χ3n) is 5.32. The van der Waals surface area contributed by atoms with E-state index in [0.717, 1.165) is 16.6 Å². The highest BCUT2D eigenvalue weighted by Crippen LogP contribution is 2.22. The van der Waals surface area contributed by atoms with Crippen LogP contribution in [0.1, 0.15) is 27.8 Å². The minimum atomic E-state index is -0.389. The Balaban J connectivity index is 1.54. The molecule has 0 saturated carbocycles. The molecule has 0 aliphatic carbocycles.